The molecule has 8 heteroatoms. The summed E-state index contributed by atoms with van der Waals surface area (Å²) in [5.41, 5.74) is 2.49. The van der Waals surface area contributed by atoms with Gasteiger partial charge in [0.05, 0.1) is 0 Å². The maximum atomic E-state index is 5.26. The lowest BCUT2D eigenvalue weighted by atomic mass is 10.1. The van der Waals surface area contributed by atoms with Crippen molar-refractivity contribution in [2.24, 2.45) is 4.99 Å². The average molecular weight is 496 g/mol. The third kappa shape index (κ3) is 5.95. The molecule has 28 heavy (non-hydrogen) atoms. The minimum atomic E-state index is 0. The van der Waals surface area contributed by atoms with Gasteiger partial charge in [-0.15, -0.1) is 24.0 Å². The standard InChI is InChI=1S/C20H28N6O.HI/c1-14(2)19-25-18(27-26-19)9-6-11-22-20(21-3)23-12-10-15-13-24-17-8-5-4-7-16(15)17;/h4-5,7-8,13-14,24H,6,9-12H2,1-3H3,(H2,21,22,23);1H. The molecular formula is C20H29IN6O. The molecule has 3 aromatic rings. The number of nitrogens with zero attached hydrogens (tertiary/aromatic N) is 3. The first-order chi connectivity index (χ1) is 13.2. The molecule has 0 bridgehead atoms. The molecular weight excluding hydrogens is 467 g/mol. The summed E-state index contributed by atoms with van der Waals surface area (Å²) in [6, 6.07) is 8.36. The van der Waals surface area contributed by atoms with Crippen molar-refractivity contribution in [3.05, 3.63) is 47.7 Å². The van der Waals surface area contributed by atoms with Crippen LogP contribution in [0.25, 0.3) is 10.9 Å². The van der Waals surface area contributed by atoms with Gasteiger partial charge in [0.15, 0.2) is 11.8 Å². The molecule has 0 saturated heterocycles. The third-order valence-electron chi connectivity index (χ3n) is 4.45. The van der Waals surface area contributed by atoms with Crippen molar-refractivity contribution in [2.75, 3.05) is 20.1 Å². The Morgan fingerprint density at radius 1 is 1.18 bits per heavy atom. The van der Waals surface area contributed by atoms with Crippen molar-refractivity contribution in [3.63, 3.8) is 0 Å². The molecule has 0 spiro atoms. The van der Waals surface area contributed by atoms with Crippen molar-refractivity contribution in [1.29, 1.82) is 0 Å². The van der Waals surface area contributed by atoms with Crippen LogP contribution in [-0.2, 0) is 12.8 Å². The normalized spacial score (nSPS) is 11.6. The highest BCUT2D eigenvalue weighted by molar-refractivity contribution is 14.0. The number of benzene rings is 1. The summed E-state index contributed by atoms with van der Waals surface area (Å²) in [5, 5.41) is 12.0. The fraction of sp³-hybridized carbons (Fsp3) is 0.450. The van der Waals surface area contributed by atoms with Crippen LogP contribution < -0.4 is 10.6 Å². The number of aliphatic imine (C=N–C) groups is 1. The number of guanidine groups is 1. The van der Waals surface area contributed by atoms with Crippen LogP contribution in [0.4, 0.5) is 0 Å². The predicted octanol–water partition coefficient (Wildman–Crippen LogP) is 3.63. The number of nitrogens with one attached hydrogen (secondary N) is 3. The Hall–Kier alpha value is -2.10. The third-order valence-corrected chi connectivity index (χ3v) is 4.45. The van der Waals surface area contributed by atoms with Crippen molar-refractivity contribution >= 4 is 40.8 Å². The number of hydrogen-bond donors (Lipinski definition) is 3. The molecule has 0 atom stereocenters. The molecule has 0 radical (unpaired) electrons. The van der Waals surface area contributed by atoms with Gasteiger partial charge in [-0.05, 0) is 24.5 Å². The van der Waals surface area contributed by atoms with E-state index >= 15 is 0 Å². The molecule has 2 aromatic heterocycles. The van der Waals surface area contributed by atoms with Gasteiger partial charge in [0.2, 0.25) is 5.89 Å². The van der Waals surface area contributed by atoms with Crippen LogP contribution in [0, 0.1) is 0 Å². The highest BCUT2D eigenvalue weighted by atomic mass is 127. The Bertz CT molecular complexity index is 886. The molecule has 3 rings (SSSR count). The molecule has 7 nitrogen and oxygen atoms in total. The smallest absolute Gasteiger partial charge is 0.226 e. The van der Waals surface area contributed by atoms with Crippen LogP contribution >= 0.6 is 24.0 Å². The second-order valence-corrected chi connectivity index (χ2v) is 6.84. The number of aryl methyl sites for hydroxylation is 1. The number of halogens is 1. The number of hydrogen-bond acceptors (Lipinski definition) is 4. The first-order valence-corrected chi connectivity index (χ1v) is 9.49. The molecule has 0 fully saturated rings. The van der Waals surface area contributed by atoms with Crippen LogP contribution in [-0.4, -0.2) is 41.2 Å². The first-order valence-electron chi connectivity index (χ1n) is 9.49. The van der Waals surface area contributed by atoms with E-state index < -0.39 is 0 Å². The van der Waals surface area contributed by atoms with Gasteiger partial charge >= 0.3 is 0 Å². The zero-order valence-electron chi connectivity index (χ0n) is 16.7. The van der Waals surface area contributed by atoms with Gasteiger partial charge in [0.1, 0.15) is 0 Å². The van der Waals surface area contributed by atoms with Gasteiger partial charge in [-0.2, -0.15) is 4.98 Å². The van der Waals surface area contributed by atoms with E-state index in [1.54, 1.807) is 7.05 Å². The molecule has 1 aromatic carbocycles. The van der Waals surface area contributed by atoms with E-state index in [4.69, 9.17) is 4.52 Å². The molecule has 0 aliphatic heterocycles. The van der Waals surface area contributed by atoms with Crippen molar-refractivity contribution in [3.8, 4) is 0 Å². The van der Waals surface area contributed by atoms with Crippen molar-refractivity contribution in [2.45, 2.75) is 39.0 Å². The van der Waals surface area contributed by atoms with Gasteiger partial charge in [0, 0.05) is 49.6 Å². The largest absolute Gasteiger partial charge is 0.361 e. The Morgan fingerprint density at radius 3 is 2.71 bits per heavy atom. The van der Waals surface area contributed by atoms with Gasteiger partial charge in [-0.3, -0.25) is 4.99 Å². The summed E-state index contributed by atoms with van der Waals surface area (Å²) in [6.45, 7) is 5.74. The highest BCUT2D eigenvalue weighted by Gasteiger charge is 2.09. The Kier molecular flexibility index (Phi) is 8.75. The van der Waals surface area contributed by atoms with Crippen molar-refractivity contribution in [1.82, 2.24) is 25.8 Å². The van der Waals surface area contributed by atoms with E-state index in [9.17, 15) is 0 Å². The van der Waals surface area contributed by atoms with Gasteiger partial charge in [-0.25, -0.2) is 0 Å². The molecule has 2 heterocycles. The summed E-state index contributed by atoms with van der Waals surface area (Å²) in [7, 11) is 1.79. The number of para-hydroxylation sites is 1. The van der Waals surface area contributed by atoms with Gasteiger partial charge < -0.3 is 20.1 Å². The maximum absolute atomic E-state index is 5.26. The Morgan fingerprint density at radius 2 is 1.96 bits per heavy atom. The van der Waals surface area contributed by atoms with Gasteiger partial charge in [-0.1, -0.05) is 37.2 Å². The highest BCUT2D eigenvalue weighted by Crippen LogP contribution is 2.17. The lowest BCUT2D eigenvalue weighted by Gasteiger charge is -2.11. The summed E-state index contributed by atoms with van der Waals surface area (Å²) in [6.07, 6.45) is 4.69. The number of aromatic nitrogens is 3. The molecule has 0 unspecified atom stereocenters. The van der Waals surface area contributed by atoms with E-state index in [1.165, 1.54) is 16.5 Å². The minimum absolute atomic E-state index is 0. The van der Waals surface area contributed by atoms with Crippen LogP contribution in [0.5, 0.6) is 0 Å². The fourth-order valence-electron chi connectivity index (χ4n) is 2.93. The summed E-state index contributed by atoms with van der Waals surface area (Å²) in [5.74, 6) is 2.57. The monoisotopic (exact) mass is 496 g/mol. The minimum Gasteiger partial charge on any atom is -0.361 e. The summed E-state index contributed by atoms with van der Waals surface area (Å²) < 4.78 is 5.26. The lowest BCUT2D eigenvalue weighted by Crippen LogP contribution is -2.38. The second-order valence-electron chi connectivity index (χ2n) is 6.84. The van der Waals surface area contributed by atoms with E-state index in [2.05, 4.69) is 69.0 Å². The van der Waals surface area contributed by atoms with Crippen LogP contribution in [0.1, 0.15) is 43.5 Å². The van der Waals surface area contributed by atoms with E-state index in [1.807, 2.05) is 6.07 Å². The number of H-pyrrole nitrogens is 1. The van der Waals surface area contributed by atoms with Crippen LogP contribution in [0.3, 0.4) is 0 Å². The lowest BCUT2D eigenvalue weighted by molar-refractivity contribution is 0.368. The zero-order chi connectivity index (χ0) is 19.1. The molecule has 0 aliphatic carbocycles. The van der Waals surface area contributed by atoms with E-state index in [0.29, 0.717) is 11.8 Å². The van der Waals surface area contributed by atoms with Crippen LogP contribution in [0.2, 0.25) is 0 Å². The molecule has 152 valence electrons. The quantitative estimate of drug-likeness (QED) is 0.192. The Labute approximate surface area is 182 Å². The molecule has 3 N–H and O–H groups in total. The first kappa shape index (κ1) is 22.2. The number of aromatic amines is 1. The van der Waals surface area contributed by atoms with E-state index in [0.717, 1.165) is 44.1 Å². The number of fused-ring (bicyclic) bond motifs is 1. The van der Waals surface area contributed by atoms with E-state index in [-0.39, 0.29) is 24.0 Å². The van der Waals surface area contributed by atoms with Crippen LogP contribution in [0.15, 0.2) is 40.0 Å². The number of rotatable bonds is 8. The maximum Gasteiger partial charge on any atom is 0.226 e. The molecule has 0 amide bonds. The summed E-state index contributed by atoms with van der Waals surface area (Å²) in [4.78, 5) is 12.0. The molecule has 0 aliphatic rings. The van der Waals surface area contributed by atoms with Crippen molar-refractivity contribution < 1.29 is 4.52 Å². The predicted molar refractivity (Wildman–Crippen MR) is 123 cm³/mol. The Balaban J connectivity index is 0.00000280. The zero-order valence-corrected chi connectivity index (χ0v) is 19.0. The topological polar surface area (TPSA) is 91.1 Å². The second kappa shape index (κ2) is 11.0. The SMILES string of the molecule is CN=C(NCCCc1nc(C(C)C)no1)NCCc1c[nH]c2ccccc12.I. The summed E-state index contributed by atoms with van der Waals surface area (Å²) >= 11 is 0. The van der Waals surface area contributed by atoms with Gasteiger partial charge in [0.25, 0.3) is 0 Å². The fourth-order valence-corrected chi connectivity index (χ4v) is 2.93. The average Bonchev–Trinajstić information content (AvgIpc) is 3.31. The molecule has 0 saturated carbocycles.